The van der Waals surface area contributed by atoms with E-state index in [1.165, 1.54) is 73.7 Å². The Kier molecular flexibility index (Phi) is 19.1. The number of thiol groups is 2. The number of rotatable bonds is 16. The largest absolute Gasteiger partial charge is 0.387 e. The third-order valence-electron chi connectivity index (χ3n) is 10.2. The summed E-state index contributed by atoms with van der Waals surface area (Å²) in [6.07, 6.45) is -4.11. The number of quaternary nitrogens is 2. The van der Waals surface area contributed by atoms with Crippen LogP contribution >= 0.6 is 35.4 Å². The van der Waals surface area contributed by atoms with Gasteiger partial charge in [-0.3, -0.25) is 9.13 Å². The van der Waals surface area contributed by atoms with Crippen molar-refractivity contribution in [3.05, 3.63) is 25.3 Å². The number of nitrogens with zero attached hydrogens (tertiary/aromatic N) is 8. The first-order valence-electron chi connectivity index (χ1n) is 19.4. The Labute approximate surface area is 364 Å². The summed E-state index contributed by atoms with van der Waals surface area (Å²) in [5.41, 5.74) is 7.05. The maximum Gasteiger partial charge on any atom is 0.167 e. The molecule has 10 atom stereocenters. The van der Waals surface area contributed by atoms with Crippen molar-refractivity contribution >= 4 is 93.0 Å². The lowest BCUT2D eigenvalue weighted by Crippen LogP contribution is -3.11. The number of anilines is 2. The molecule has 0 aliphatic carbocycles. The molecule has 0 saturated carbocycles. The zero-order valence-corrected chi connectivity index (χ0v) is 39.3. The predicted molar refractivity (Wildman–Crippen MR) is 240 cm³/mol. The summed E-state index contributed by atoms with van der Waals surface area (Å²) in [5.74, 6) is 0.292. The molecule has 0 radical (unpaired) electrons. The van der Waals surface area contributed by atoms with Crippen molar-refractivity contribution in [1.82, 2.24) is 39.0 Å². The van der Waals surface area contributed by atoms with Crippen molar-refractivity contribution in [2.45, 2.75) is 90.6 Å². The molecule has 0 spiro atoms. The molecule has 0 bridgehead atoms. The minimum atomic E-state index is -2.96. The van der Waals surface area contributed by atoms with E-state index in [1.807, 2.05) is 0 Å². The van der Waals surface area contributed by atoms with Crippen LogP contribution in [0.1, 0.15) is 54.0 Å². The fourth-order valence-electron chi connectivity index (χ4n) is 6.49. The smallest absolute Gasteiger partial charge is 0.167 e. The first kappa shape index (κ1) is 50.0. The minimum absolute atomic E-state index is 0.0226. The number of ether oxygens (including phenoxy) is 2. The predicted octanol–water partition coefficient (Wildman–Crippen LogP) is -0.600. The number of hydrogen-bond acceptors (Lipinski definition) is 18. The van der Waals surface area contributed by atoms with E-state index in [4.69, 9.17) is 53.6 Å². The van der Waals surface area contributed by atoms with Gasteiger partial charge in [0, 0.05) is 0 Å². The Balaban J connectivity index is 0.000000471. The number of aliphatic hydroxyl groups is 4. The normalized spacial score (nSPS) is 26.4. The molecule has 2 fully saturated rings. The Morgan fingerprint density at radius 1 is 0.627 bits per heavy atom. The standard InChI is InChI=1S/C21H28N10O8P2S4.2C6H15N/c22-16-10-18(26-3-24-16)30(5-28-10)20-14(34)12(32)8(38-20)1-36-40(42,43)7-41(44,45)37-2-9-13(33)15(35)21(39-9)31-6-29-11-17(23)25-4-27-19(11)31;2*1-4-7(5-2)6-3/h3-6,8-9,12-15,20-21,32-35H,1-2,7H2,(H,42,43)(H,44,45)(H2,22,24,26)(H2,23,25,27);2*4-6H2,1-3H3/p+2/t8-,9-,12-,13-,14-,15-,20-,21-;;/m1../s1. The summed E-state index contributed by atoms with van der Waals surface area (Å²) in [6, 6.07) is 0. The Bertz CT molecular complexity index is 1880. The molecule has 2 aliphatic heterocycles. The zero-order valence-electron chi connectivity index (χ0n) is 34.1. The number of aromatic nitrogens is 8. The topological polar surface area (TPSA) is 266 Å². The van der Waals surface area contributed by atoms with Crippen LogP contribution in [-0.4, -0.2) is 154 Å². The third kappa shape index (κ3) is 12.7. The van der Waals surface area contributed by atoms with Crippen molar-refractivity contribution in [2.75, 3.05) is 69.9 Å². The molecule has 2 unspecified atom stereocenters. The summed E-state index contributed by atoms with van der Waals surface area (Å²) < 4.78 is 26.4. The van der Waals surface area contributed by atoms with Gasteiger partial charge >= 0.3 is 0 Å². The molecule has 6 heterocycles. The van der Waals surface area contributed by atoms with Gasteiger partial charge in [0.2, 0.25) is 0 Å². The van der Waals surface area contributed by atoms with Crippen LogP contribution in [0.2, 0.25) is 0 Å². The van der Waals surface area contributed by atoms with Crippen LogP contribution in [0.25, 0.3) is 22.3 Å². The second kappa shape index (κ2) is 22.6. The van der Waals surface area contributed by atoms with E-state index in [1.54, 1.807) is 9.80 Å². The maximum atomic E-state index is 10.7. The summed E-state index contributed by atoms with van der Waals surface area (Å²) in [5, 5.41) is 42.7. The quantitative estimate of drug-likeness (QED) is 0.0497. The fourth-order valence-corrected chi connectivity index (χ4v) is 19.7. The molecule has 2 saturated heterocycles. The molecule has 0 aromatic carbocycles. The van der Waals surface area contributed by atoms with Gasteiger partial charge in [-0.1, -0.05) is 23.6 Å². The van der Waals surface area contributed by atoms with Gasteiger partial charge in [0.05, 0.1) is 71.0 Å². The molecular formula is C33H60N12O8P2S4+2. The molecule has 26 heteroatoms. The van der Waals surface area contributed by atoms with Crippen molar-refractivity contribution in [1.29, 1.82) is 0 Å². The van der Waals surface area contributed by atoms with Gasteiger partial charge in [0.1, 0.15) is 71.2 Å². The van der Waals surface area contributed by atoms with Crippen LogP contribution in [-0.2, 0) is 42.1 Å². The van der Waals surface area contributed by atoms with E-state index < -0.39 is 60.0 Å². The van der Waals surface area contributed by atoms with Gasteiger partial charge in [-0.15, -0.1) is 24.5 Å². The van der Waals surface area contributed by atoms with Crippen LogP contribution in [0.5, 0.6) is 0 Å². The van der Waals surface area contributed by atoms with Crippen molar-refractivity contribution in [2.24, 2.45) is 0 Å². The van der Waals surface area contributed by atoms with Crippen LogP contribution < -0.4 is 21.3 Å². The highest BCUT2D eigenvalue weighted by Gasteiger charge is 2.46. The summed E-state index contributed by atoms with van der Waals surface area (Å²) in [7, 11) is 0. The summed E-state index contributed by atoms with van der Waals surface area (Å²) in [4.78, 5) is 27.8. The van der Waals surface area contributed by atoms with E-state index in [9.17, 15) is 20.4 Å². The average Bonchev–Trinajstić information content (AvgIpc) is 3.97. The van der Waals surface area contributed by atoms with Crippen molar-refractivity contribution in [3.8, 4) is 0 Å². The molecule has 4 aromatic heterocycles. The third-order valence-corrected chi connectivity index (χ3v) is 19.9. The first-order chi connectivity index (χ1) is 28.0. The number of nitrogens with two attached hydrogens (primary N) is 2. The molecular weight excluding hydrogens is 883 g/mol. The van der Waals surface area contributed by atoms with E-state index in [-0.39, 0.29) is 30.8 Å². The molecule has 332 valence electrons. The Morgan fingerprint density at radius 3 is 1.27 bits per heavy atom. The van der Waals surface area contributed by atoms with Gasteiger partial charge in [-0.05, 0) is 41.5 Å². The van der Waals surface area contributed by atoms with Crippen molar-refractivity contribution < 1.29 is 48.7 Å². The highest BCUT2D eigenvalue weighted by atomic mass is 32.9. The van der Waals surface area contributed by atoms with E-state index in [0.717, 1.165) is 0 Å². The van der Waals surface area contributed by atoms with Gasteiger partial charge < -0.3 is 60.2 Å². The van der Waals surface area contributed by atoms with E-state index in [2.05, 4.69) is 95.9 Å². The first-order valence-corrected chi connectivity index (χ1v) is 27.6. The Morgan fingerprint density at radius 2 is 0.966 bits per heavy atom. The highest BCUT2D eigenvalue weighted by Crippen LogP contribution is 2.68. The SMILES string of the molecule is CC[NH+](CC)CC.CC[NH+](CC)CC.Nc1ncnc2c1ncn2[C@@H]1O[C@H](COP(=S)(S)CP(=S)(S)OC[C@H]2O[C@@H](n3cnc4c(N)ncnc43)[C@H](O)[C@@H]2O)[C@@H](O)[C@H]1O. The van der Waals surface area contributed by atoms with Gasteiger partial charge in [-0.2, -0.15) is 0 Å². The molecule has 2 aliphatic rings. The number of nitrogens with one attached hydrogen (secondary N) is 2. The molecule has 20 nitrogen and oxygen atoms in total. The monoisotopic (exact) mass is 942 g/mol. The number of nitrogen functional groups attached to an aromatic ring is 2. The lowest BCUT2D eigenvalue weighted by atomic mass is 10.1. The maximum absolute atomic E-state index is 10.7. The second-order valence-corrected chi connectivity index (χ2v) is 27.1. The van der Waals surface area contributed by atoms with Gasteiger partial charge in [-0.25, -0.2) is 29.9 Å². The number of imidazole rings is 2. The fraction of sp³-hybridized carbons (Fsp3) is 0.697. The number of aliphatic hydroxyl groups excluding tert-OH is 4. The van der Waals surface area contributed by atoms with Crippen LogP contribution in [0.4, 0.5) is 11.6 Å². The van der Waals surface area contributed by atoms with Gasteiger partial charge in [0.15, 0.2) is 35.4 Å². The second-order valence-electron chi connectivity index (χ2n) is 13.9. The van der Waals surface area contributed by atoms with Crippen LogP contribution in [0.15, 0.2) is 25.3 Å². The number of fused-ring (bicyclic) bond motifs is 2. The zero-order chi connectivity index (χ0) is 43.7. The van der Waals surface area contributed by atoms with Crippen LogP contribution in [0.3, 0.4) is 0 Å². The van der Waals surface area contributed by atoms with E-state index >= 15 is 0 Å². The molecule has 6 rings (SSSR count). The van der Waals surface area contributed by atoms with Crippen LogP contribution in [0, 0.1) is 0 Å². The Hall–Kier alpha value is -1.70. The summed E-state index contributed by atoms with van der Waals surface area (Å²) in [6.45, 7) is 20.5. The lowest BCUT2D eigenvalue weighted by Gasteiger charge is -2.26. The molecule has 0 amide bonds. The molecule has 4 aromatic rings. The van der Waals surface area contributed by atoms with E-state index in [0.29, 0.717) is 22.3 Å². The average molecular weight is 943 g/mol. The molecule has 59 heavy (non-hydrogen) atoms. The summed E-state index contributed by atoms with van der Waals surface area (Å²) >= 11 is 20.2. The minimum Gasteiger partial charge on any atom is -0.387 e. The lowest BCUT2D eigenvalue weighted by molar-refractivity contribution is -0.894. The highest BCUT2D eigenvalue weighted by molar-refractivity contribution is 8.69. The van der Waals surface area contributed by atoms with Crippen molar-refractivity contribution in [3.63, 3.8) is 0 Å². The number of hydrogen-bond donors (Lipinski definition) is 10. The van der Waals surface area contributed by atoms with Gasteiger partial charge in [0.25, 0.3) is 0 Å². The molecule has 10 N–H and O–H groups in total.